The van der Waals surface area contributed by atoms with Crippen LogP contribution >= 0.6 is 0 Å². The number of nitrogens with one attached hydrogen (secondary N) is 1. The molecule has 1 aromatic heterocycles. The average molecular weight is 214 g/mol. The fourth-order valence-corrected chi connectivity index (χ4v) is 1.56. The third kappa shape index (κ3) is 1.59. The van der Waals surface area contributed by atoms with E-state index < -0.39 is 18.3 Å². The van der Waals surface area contributed by atoms with Gasteiger partial charge in [-0.3, -0.25) is 0 Å². The van der Waals surface area contributed by atoms with Gasteiger partial charge in [-0.1, -0.05) is 6.07 Å². The molecular weight excluding hydrogens is 205 g/mol. The molecule has 0 aliphatic carbocycles. The van der Waals surface area contributed by atoms with Crippen LogP contribution in [-0.4, -0.2) is 11.4 Å². The molecule has 0 spiro atoms. The van der Waals surface area contributed by atoms with E-state index in [1.807, 2.05) is 0 Å². The molecule has 1 unspecified atom stereocenters. The van der Waals surface area contributed by atoms with Crippen LogP contribution in [-0.2, 0) is 0 Å². The minimum Gasteiger partial charge on any atom is -0.361 e. The summed E-state index contributed by atoms with van der Waals surface area (Å²) < 4.78 is 38.2. The first-order chi connectivity index (χ1) is 7.11. The molecule has 15 heavy (non-hydrogen) atoms. The topological polar surface area (TPSA) is 41.8 Å². The standard InChI is InChI=1S/C10H9F3N2/c11-6-2-1-3-7-8(6)5(4-15-7)9(14)10(12)13/h1-4,9-10,15H,14H2. The van der Waals surface area contributed by atoms with Crippen LogP contribution in [0.2, 0.25) is 0 Å². The highest BCUT2D eigenvalue weighted by Gasteiger charge is 2.22. The highest BCUT2D eigenvalue weighted by Crippen LogP contribution is 2.28. The van der Waals surface area contributed by atoms with E-state index in [2.05, 4.69) is 4.98 Å². The fourth-order valence-electron chi connectivity index (χ4n) is 1.56. The number of H-pyrrole nitrogens is 1. The molecule has 0 radical (unpaired) electrons. The number of rotatable bonds is 2. The zero-order valence-corrected chi connectivity index (χ0v) is 7.68. The van der Waals surface area contributed by atoms with E-state index in [4.69, 9.17) is 5.73 Å². The lowest BCUT2D eigenvalue weighted by Gasteiger charge is -2.09. The maximum absolute atomic E-state index is 13.4. The molecule has 0 bridgehead atoms. The number of aromatic amines is 1. The van der Waals surface area contributed by atoms with E-state index in [0.29, 0.717) is 5.52 Å². The van der Waals surface area contributed by atoms with Crippen LogP contribution in [0.1, 0.15) is 11.6 Å². The van der Waals surface area contributed by atoms with Gasteiger partial charge in [0.15, 0.2) is 0 Å². The van der Waals surface area contributed by atoms with Gasteiger partial charge < -0.3 is 10.7 Å². The van der Waals surface area contributed by atoms with E-state index >= 15 is 0 Å². The van der Waals surface area contributed by atoms with Crippen molar-refractivity contribution in [1.29, 1.82) is 0 Å². The van der Waals surface area contributed by atoms with Crippen LogP contribution in [0.4, 0.5) is 13.2 Å². The van der Waals surface area contributed by atoms with E-state index in [1.54, 1.807) is 6.07 Å². The third-order valence-electron chi connectivity index (χ3n) is 2.32. The van der Waals surface area contributed by atoms with Gasteiger partial charge in [0.2, 0.25) is 0 Å². The first-order valence-corrected chi connectivity index (χ1v) is 4.40. The summed E-state index contributed by atoms with van der Waals surface area (Å²) in [5, 5.41) is 0.144. The summed E-state index contributed by atoms with van der Waals surface area (Å²) in [6.07, 6.45) is -1.38. The maximum Gasteiger partial charge on any atom is 0.257 e. The zero-order chi connectivity index (χ0) is 11.0. The summed E-state index contributed by atoms with van der Waals surface area (Å²) in [6.45, 7) is 0. The Bertz CT molecular complexity index is 478. The van der Waals surface area contributed by atoms with E-state index in [9.17, 15) is 13.2 Å². The summed E-state index contributed by atoms with van der Waals surface area (Å²) in [5.74, 6) is -0.542. The summed E-state index contributed by atoms with van der Waals surface area (Å²) in [7, 11) is 0. The van der Waals surface area contributed by atoms with E-state index in [-0.39, 0.29) is 10.9 Å². The van der Waals surface area contributed by atoms with Gasteiger partial charge in [-0.15, -0.1) is 0 Å². The molecule has 3 N–H and O–H groups in total. The minimum atomic E-state index is -2.70. The molecule has 2 rings (SSSR count). The number of hydrogen-bond donors (Lipinski definition) is 2. The lowest BCUT2D eigenvalue weighted by molar-refractivity contribution is 0.117. The van der Waals surface area contributed by atoms with Crippen molar-refractivity contribution in [2.75, 3.05) is 0 Å². The van der Waals surface area contributed by atoms with Gasteiger partial charge in [0, 0.05) is 22.7 Å². The summed E-state index contributed by atoms with van der Waals surface area (Å²) in [4.78, 5) is 2.71. The molecular formula is C10H9F3N2. The van der Waals surface area contributed by atoms with Crippen molar-refractivity contribution < 1.29 is 13.2 Å². The Morgan fingerprint density at radius 2 is 2.00 bits per heavy atom. The van der Waals surface area contributed by atoms with E-state index in [0.717, 1.165) is 0 Å². The van der Waals surface area contributed by atoms with Crippen molar-refractivity contribution in [3.63, 3.8) is 0 Å². The normalized spacial score (nSPS) is 13.7. The van der Waals surface area contributed by atoms with Gasteiger partial charge in [0.05, 0.1) is 6.04 Å². The Morgan fingerprint density at radius 3 is 2.67 bits per heavy atom. The Balaban J connectivity index is 2.62. The number of alkyl halides is 2. The Morgan fingerprint density at radius 1 is 1.27 bits per heavy atom. The van der Waals surface area contributed by atoms with Gasteiger partial charge in [-0.2, -0.15) is 0 Å². The van der Waals surface area contributed by atoms with Crippen molar-refractivity contribution >= 4 is 10.9 Å². The van der Waals surface area contributed by atoms with Crippen molar-refractivity contribution in [3.05, 3.63) is 35.8 Å². The lowest BCUT2D eigenvalue weighted by Crippen LogP contribution is -2.18. The lowest BCUT2D eigenvalue weighted by atomic mass is 10.1. The Labute approximate surface area is 83.9 Å². The van der Waals surface area contributed by atoms with Crippen LogP contribution in [0.3, 0.4) is 0 Å². The average Bonchev–Trinajstić information content (AvgIpc) is 2.61. The zero-order valence-electron chi connectivity index (χ0n) is 7.68. The second-order valence-electron chi connectivity index (χ2n) is 3.27. The third-order valence-corrected chi connectivity index (χ3v) is 2.32. The summed E-state index contributed by atoms with van der Waals surface area (Å²) in [6, 6.07) is 2.87. The number of fused-ring (bicyclic) bond motifs is 1. The molecule has 1 heterocycles. The minimum absolute atomic E-state index is 0.109. The smallest absolute Gasteiger partial charge is 0.257 e. The van der Waals surface area contributed by atoms with Crippen molar-refractivity contribution in [1.82, 2.24) is 4.98 Å². The molecule has 1 atom stereocenters. The number of halogens is 3. The highest BCUT2D eigenvalue weighted by atomic mass is 19.3. The Hall–Kier alpha value is -1.49. The largest absolute Gasteiger partial charge is 0.361 e. The molecule has 2 aromatic rings. The molecule has 0 amide bonds. The predicted molar refractivity (Wildman–Crippen MR) is 51.2 cm³/mol. The predicted octanol–water partition coefficient (Wildman–Crippen LogP) is 2.57. The molecule has 5 heteroatoms. The van der Waals surface area contributed by atoms with Crippen LogP contribution < -0.4 is 5.73 Å². The van der Waals surface area contributed by atoms with Crippen molar-refractivity contribution in [2.45, 2.75) is 12.5 Å². The second kappa shape index (κ2) is 3.58. The summed E-state index contributed by atoms with van der Waals surface area (Å²) >= 11 is 0. The monoisotopic (exact) mass is 214 g/mol. The van der Waals surface area contributed by atoms with Gasteiger partial charge in [-0.05, 0) is 12.1 Å². The fraction of sp³-hybridized carbons (Fsp3) is 0.200. The first kappa shape index (κ1) is 10.0. The molecule has 80 valence electrons. The quantitative estimate of drug-likeness (QED) is 0.792. The van der Waals surface area contributed by atoms with Crippen LogP contribution in [0, 0.1) is 5.82 Å². The van der Waals surface area contributed by atoms with Crippen LogP contribution in [0.5, 0.6) is 0 Å². The maximum atomic E-state index is 13.4. The number of hydrogen-bond acceptors (Lipinski definition) is 1. The van der Waals surface area contributed by atoms with Gasteiger partial charge in [-0.25, -0.2) is 13.2 Å². The molecule has 1 aromatic carbocycles. The van der Waals surface area contributed by atoms with Crippen LogP contribution in [0.15, 0.2) is 24.4 Å². The molecule has 0 aliphatic heterocycles. The van der Waals surface area contributed by atoms with Crippen LogP contribution in [0.25, 0.3) is 10.9 Å². The van der Waals surface area contributed by atoms with Gasteiger partial charge in [0.1, 0.15) is 5.82 Å². The SMILES string of the molecule is NC(c1c[nH]c2cccc(F)c12)C(F)F. The molecule has 0 saturated carbocycles. The molecule has 0 aliphatic rings. The number of nitrogens with two attached hydrogens (primary N) is 1. The van der Waals surface area contributed by atoms with Gasteiger partial charge >= 0.3 is 0 Å². The van der Waals surface area contributed by atoms with Crippen molar-refractivity contribution in [3.8, 4) is 0 Å². The second-order valence-corrected chi connectivity index (χ2v) is 3.27. The molecule has 0 fully saturated rings. The molecule has 0 saturated heterocycles. The van der Waals surface area contributed by atoms with Crippen molar-refractivity contribution in [2.24, 2.45) is 5.73 Å². The highest BCUT2D eigenvalue weighted by molar-refractivity contribution is 5.84. The molecule has 2 nitrogen and oxygen atoms in total. The number of benzene rings is 1. The Kier molecular flexibility index (Phi) is 2.40. The number of aromatic nitrogens is 1. The van der Waals surface area contributed by atoms with Gasteiger partial charge in [0.25, 0.3) is 6.43 Å². The summed E-state index contributed by atoms with van der Waals surface area (Å²) in [5.41, 5.74) is 5.86. The van der Waals surface area contributed by atoms with E-state index in [1.165, 1.54) is 18.3 Å². The first-order valence-electron chi connectivity index (χ1n) is 4.40.